The second-order valence-electron chi connectivity index (χ2n) is 5.09. The maximum Gasteiger partial charge on any atom is 0.258 e. The van der Waals surface area contributed by atoms with Gasteiger partial charge in [-0.25, -0.2) is 0 Å². The van der Waals surface area contributed by atoms with Crippen molar-refractivity contribution in [2.75, 3.05) is 6.61 Å². The molecule has 1 amide bonds. The summed E-state index contributed by atoms with van der Waals surface area (Å²) in [5.74, 6) is 0.188. The van der Waals surface area contributed by atoms with Gasteiger partial charge in [-0.15, -0.1) is 0 Å². The molecule has 4 nitrogen and oxygen atoms in total. The van der Waals surface area contributed by atoms with Crippen LogP contribution in [0.15, 0.2) is 48.5 Å². The van der Waals surface area contributed by atoms with Crippen molar-refractivity contribution >= 4 is 12.2 Å². The Hall–Kier alpha value is -2.62. The Morgan fingerprint density at radius 3 is 2.59 bits per heavy atom. The van der Waals surface area contributed by atoms with E-state index in [-0.39, 0.29) is 18.6 Å². The summed E-state index contributed by atoms with van der Waals surface area (Å²) in [6.45, 7) is 3.81. The van der Waals surface area contributed by atoms with E-state index in [1.807, 2.05) is 38.1 Å². The molecule has 2 rings (SSSR count). The standard InChI is InChI=1S/C18H19NO3/c1-13-7-3-5-9-16(13)14(2)19-18(21)12-22-17-10-6-4-8-15(17)11-20/h3-11,14H,12H2,1-2H3,(H,19,21). The van der Waals surface area contributed by atoms with Crippen molar-refractivity contribution in [3.8, 4) is 5.75 Å². The average molecular weight is 297 g/mol. The third-order valence-corrected chi connectivity index (χ3v) is 3.44. The highest BCUT2D eigenvalue weighted by Crippen LogP contribution is 2.17. The molecular weight excluding hydrogens is 278 g/mol. The lowest BCUT2D eigenvalue weighted by Gasteiger charge is -2.17. The van der Waals surface area contributed by atoms with Gasteiger partial charge in [0.15, 0.2) is 12.9 Å². The van der Waals surface area contributed by atoms with E-state index < -0.39 is 0 Å². The number of carbonyl (C=O) groups is 2. The van der Waals surface area contributed by atoms with Crippen LogP contribution in [-0.4, -0.2) is 18.8 Å². The van der Waals surface area contributed by atoms with E-state index in [0.717, 1.165) is 11.1 Å². The maximum atomic E-state index is 12.0. The normalized spacial score (nSPS) is 11.5. The van der Waals surface area contributed by atoms with Crippen LogP contribution < -0.4 is 10.1 Å². The van der Waals surface area contributed by atoms with Crippen molar-refractivity contribution in [3.63, 3.8) is 0 Å². The summed E-state index contributed by atoms with van der Waals surface area (Å²) in [5, 5.41) is 2.89. The van der Waals surface area contributed by atoms with Gasteiger partial charge in [0, 0.05) is 0 Å². The van der Waals surface area contributed by atoms with E-state index in [0.29, 0.717) is 17.6 Å². The highest BCUT2D eigenvalue weighted by Gasteiger charge is 2.12. The van der Waals surface area contributed by atoms with Gasteiger partial charge in [0.1, 0.15) is 5.75 Å². The smallest absolute Gasteiger partial charge is 0.258 e. The maximum absolute atomic E-state index is 12.0. The van der Waals surface area contributed by atoms with Crippen LogP contribution in [0.3, 0.4) is 0 Å². The van der Waals surface area contributed by atoms with E-state index in [1.165, 1.54) is 0 Å². The van der Waals surface area contributed by atoms with Crippen LogP contribution in [0, 0.1) is 6.92 Å². The lowest BCUT2D eigenvalue weighted by molar-refractivity contribution is -0.123. The number of hydrogen-bond donors (Lipinski definition) is 1. The van der Waals surface area contributed by atoms with Crippen LogP contribution in [0.25, 0.3) is 0 Å². The van der Waals surface area contributed by atoms with Gasteiger partial charge in [-0.3, -0.25) is 9.59 Å². The minimum Gasteiger partial charge on any atom is -0.483 e. The second-order valence-corrected chi connectivity index (χ2v) is 5.09. The minimum atomic E-state index is -0.226. The first-order valence-electron chi connectivity index (χ1n) is 7.13. The number of amides is 1. The summed E-state index contributed by atoms with van der Waals surface area (Å²) in [5.41, 5.74) is 2.63. The molecule has 0 heterocycles. The fraction of sp³-hybridized carbons (Fsp3) is 0.222. The van der Waals surface area contributed by atoms with Gasteiger partial charge < -0.3 is 10.1 Å². The summed E-state index contributed by atoms with van der Waals surface area (Å²) in [6.07, 6.45) is 0.711. The minimum absolute atomic E-state index is 0.0985. The van der Waals surface area contributed by atoms with Gasteiger partial charge in [-0.1, -0.05) is 36.4 Å². The molecule has 0 saturated carbocycles. The predicted molar refractivity (Wildman–Crippen MR) is 85.1 cm³/mol. The zero-order valence-electron chi connectivity index (χ0n) is 12.7. The van der Waals surface area contributed by atoms with Crippen LogP contribution >= 0.6 is 0 Å². The molecule has 2 aromatic carbocycles. The van der Waals surface area contributed by atoms with Gasteiger partial charge >= 0.3 is 0 Å². The first kappa shape index (κ1) is 15.8. The van der Waals surface area contributed by atoms with Crippen molar-refractivity contribution < 1.29 is 14.3 Å². The molecule has 0 aromatic heterocycles. The van der Waals surface area contributed by atoms with Crippen molar-refractivity contribution in [2.24, 2.45) is 0 Å². The Bertz CT molecular complexity index is 667. The summed E-state index contributed by atoms with van der Waals surface area (Å²) in [7, 11) is 0. The fourth-order valence-electron chi connectivity index (χ4n) is 2.29. The summed E-state index contributed by atoms with van der Waals surface area (Å²) in [6, 6.07) is 14.6. The average Bonchev–Trinajstić information content (AvgIpc) is 2.53. The topological polar surface area (TPSA) is 55.4 Å². The first-order chi connectivity index (χ1) is 10.6. The van der Waals surface area contributed by atoms with Gasteiger partial charge in [-0.05, 0) is 37.1 Å². The zero-order chi connectivity index (χ0) is 15.9. The molecule has 22 heavy (non-hydrogen) atoms. The van der Waals surface area contributed by atoms with Crippen molar-refractivity contribution in [1.29, 1.82) is 0 Å². The van der Waals surface area contributed by atoms with Crippen LogP contribution in [0.4, 0.5) is 0 Å². The Morgan fingerprint density at radius 1 is 1.18 bits per heavy atom. The molecule has 1 unspecified atom stereocenters. The largest absolute Gasteiger partial charge is 0.483 e. The second kappa shape index (κ2) is 7.41. The van der Waals surface area contributed by atoms with Crippen LogP contribution in [0.1, 0.15) is 34.5 Å². The van der Waals surface area contributed by atoms with Crippen molar-refractivity contribution in [3.05, 3.63) is 65.2 Å². The monoisotopic (exact) mass is 297 g/mol. The molecule has 0 aliphatic carbocycles. The number of nitrogens with one attached hydrogen (secondary N) is 1. The molecule has 0 saturated heterocycles. The third-order valence-electron chi connectivity index (χ3n) is 3.44. The number of ether oxygens (including phenoxy) is 1. The number of aldehydes is 1. The predicted octanol–water partition coefficient (Wildman–Crippen LogP) is 3.06. The Kier molecular flexibility index (Phi) is 5.31. The molecule has 114 valence electrons. The van der Waals surface area contributed by atoms with Gasteiger partial charge in [-0.2, -0.15) is 0 Å². The van der Waals surface area contributed by atoms with Crippen LogP contribution in [-0.2, 0) is 4.79 Å². The number of hydrogen-bond acceptors (Lipinski definition) is 3. The molecule has 0 bridgehead atoms. The summed E-state index contributed by atoms with van der Waals surface area (Å²) in [4.78, 5) is 22.9. The molecule has 4 heteroatoms. The Balaban J connectivity index is 1.93. The Morgan fingerprint density at radius 2 is 1.86 bits per heavy atom. The number of carbonyl (C=O) groups excluding carboxylic acids is 2. The molecule has 2 aromatic rings. The third kappa shape index (κ3) is 3.95. The van der Waals surface area contributed by atoms with E-state index in [2.05, 4.69) is 5.32 Å². The lowest BCUT2D eigenvalue weighted by atomic mass is 10.0. The quantitative estimate of drug-likeness (QED) is 0.834. The van der Waals surface area contributed by atoms with Crippen molar-refractivity contribution in [1.82, 2.24) is 5.32 Å². The number of aryl methyl sites for hydroxylation is 1. The van der Waals surface area contributed by atoms with Gasteiger partial charge in [0.2, 0.25) is 0 Å². The van der Waals surface area contributed by atoms with E-state index in [1.54, 1.807) is 24.3 Å². The number of rotatable bonds is 6. The highest BCUT2D eigenvalue weighted by atomic mass is 16.5. The molecule has 0 radical (unpaired) electrons. The van der Waals surface area contributed by atoms with E-state index >= 15 is 0 Å². The van der Waals surface area contributed by atoms with Gasteiger partial charge in [0.25, 0.3) is 5.91 Å². The van der Waals surface area contributed by atoms with Crippen LogP contribution in [0.2, 0.25) is 0 Å². The highest BCUT2D eigenvalue weighted by molar-refractivity contribution is 5.81. The molecular formula is C18H19NO3. The molecule has 0 spiro atoms. The molecule has 0 fully saturated rings. The lowest BCUT2D eigenvalue weighted by Crippen LogP contribution is -2.31. The molecule has 0 aliphatic rings. The summed E-state index contributed by atoms with van der Waals surface area (Å²) >= 11 is 0. The number of benzene rings is 2. The van der Waals surface area contributed by atoms with Gasteiger partial charge in [0.05, 0.1) is 11.6 Å². The fourth-order valence-corrected chi connectivity index (χ4v) is 2.29. The van der Waals surface area contributed by atoms with E-state index in [9.17, 15) is 9.59 Å². The first-order valence-corrected chi connectivity index (χ1v) is 7.13. The summed E-state index contributed by atoms with van der Waals surface area (Å²) < 4.78 is 5.41. The number of para-hydroxylation sites is 1. The zero-order valence-corrected chi connectivity index (χ0v) is 12.7. The van der Waals surface area contributed by atoms with E-state index in [4.69, 9.17) is 4.74 Å². The Labute approximate surface area is 130 Å². The molecule has 1 atom stereocenters. The SMILES string of the molecule is Cc1ccccc1C(C)NC(=O)COc1ccccc1C=O. The van der Waals surface area contributed by atoms with Crippen LogP contribution in [0.5, 0.6) is 5.75 Å². The molecule has 1 N–H and O–H groups in total. The van der Waals surface area contributed by atoms with Crippen molar-refractivity contribution in [2.45, 2.75) is 19.9 Å². The molecule has 0 aliphatic heterocycles.